The van der Waals surface area contributed by atoms with E-state index in [9.17, 15) is 0 Å². The quantitative estimate of drug-likeness (QED) is 0.668. The second-order valence-electron chi connectivity index (χ2n) is 3.33. The van der Waals surface area contributed by atoms with Gasteiger partial charge in [-0.25, -0.2) is 4.98 Å². The van der Waals surface area contributed by atoms with E-state index in [4.69, 9.17) is 0 Å². The summed E-state index contributed by atoms with van der Waals surface area (Å²) in [6.07, 6.45) is 4.59. The van der Waals surface area contributed by atoms with Crippen LogP contribution in [0.15, 0.2) is 11.6 Å². The zero-order valence-corrected chi connectivity index (χ0v) is 8.44. The molecule has 2 N–H and O–H groups in total. The summed E-state index contributed by atoms with van der Waals surface area (Å²) in [6, 6.07) is 0.821. The van der Waals surface area contributed by atoms with Crippen LogP contribution in [0.25, 0.3) is 0 Å². The third-order valence-electron chi connectivity index (χ3n) is 2.07. The van der Waals surface area contributed by atoms with Gasteiger partial charge in [0.15, 0.2) is 0 Å². The number of aromatic nitrogens is 1. The van der Waals surface area contributed by atoms with Crippen molar-refractivity contribution >= 4 is 11.3 Å². The first-order valence-corrected chi connectivity index (χ1v) is 5.65. The van der Waals surface area contributed by atoms with E-state index in [1.54, 1.807) is 11.3 Å². The molecule has 0 aromatic carbocycles. The fourth-order valence-corrected chi connectivity index (χ4v) is 1.77. The van der Waals surface area contributed by atoms with Crippen molar-refractivity contribution in [2.45, 2.75) is 25.4 Å². The van der Waals surface area contributed by atoms with Crippen LogP contribution in [-0.4, -0.2) is 24.1 Å². The molecule has 13 heavy (non-hydrogen) atoms. The van der Waals surface area contributed by atoms with Gasteiger partial charge in [-0.1, -0.05) is 0 Å². The van der Waals surface area contributed by atoms with Gasteiger partial charge in [0.2, 0.25) is 0 Å². The molecule has 1 saturated carbocycles. The first-order chi connectivity index (χ1) is 6.45. The molecule has 4 heteroatoms. The minimum absolute atomic E-state index is 0.821. The Bertz CT molecular complexity index is 231. The molecule has 1 aromatic heterocycles. The van der Waals surface area contributed by atoms with Crippen LogP contribution in [0.5, 0.6) is 0 Å². The van der Waals surface area contributed by atoms with Crippen LogP contribution in [0.4, 0.5) is 0 Å². The molecule has 0 radical (unpaired) electrons. The van der Waals surface area contributed by atoms with E-state index in [1.165, 1.54) is 17.8 Å². The van der Waals surface area contributed by atoms with Crippen molar-refractivity contribution in [3.05, 3.63) is 16.6 Å². The molecule has 0 aliphatic heterocycles. The lowest BCUT2D eigenvalue weighted by Crippen LogP contribution is -2.28. The highest BCUT2D eigenvalue weighted by Gasteiger charge is 2.19. The number of nitrogens with zero attached hydrogens (tertiary/aromatic N) is 1. The molecule has 0 unspecified atom stereocenters. The fraction of sp³-hybridized carbons (Fsp3) is 0.667. The normalized spacial score (nSPS) is 16.3. The average molecular weight is 197 g/mol. The van der Waals surface area contributed by atoms with Gasteiger partial charge in [-0.2, -0.15) is 0 Å². The monoisotopic (exact) mass is 197 g/mol. The summed E-state index contributed by atoms with van der Waals surface area (Å²) in [5, 5.41) is 10.00. The molecule has 0 atom stereocenters. The SMILES string of the molecule is c1csc(CNCCNC2CC2)n1. The summed E-state index contributed by atoms with van der Waals surface area (Å²) in [5.41, 5.74) is 0. The molecule has 1 aliphatic rings. The van der Waals surface area contributed by atoms with E-state index in [2.05, 4.69) is 15.6 Å². The summed E-state index contributed by atoms with van der Waals surface area (Å²) < 4.78 is 0. The fourth-order valence-electron chi connectivity index (χ4n) is 1.19. The van der Waals surface area contributed by atoms with Crippen LogP contribution in [0, 0.1) is 0 Å². The highest BCUT2D eigenvalue weighted by atomic mass is 32.1. The second kappa shape index (κ2) is 4.69. The van der Waals surface area contributed by atoms with Gasteiger partial charge in [-0.05, 0) is 12.8 Å². The Kier molecular flexibility index (Phi) is 3.29. The van der Waals surface area contributed by atoms with E-state index in [0.717, 1.165) is 25.7 Å². The highest BCUT2D eigenvalue weighted by Crippen LogP contribution is 2.17. The molecule has 0 saturated heterocycles. The lowest BCUT2D eigenvalue weighted by Gasteiger charge is -2.03. The summed E-state index contributed by atoms with van der Waals surface area (Å²) in [5.74, 6) is 0. The minimum Gasteiger partial charge on any atom is -0.313 e. The van der Waals surface area contributed by atoms with Crippen molar-refractivity contribution in [1.29, 1.82) is 0 Å². The van der Waals surface area contributed by atoms with Crippen LogP contribution < -0.4 is 10.6 Å². The van der Waals surface area contributed by atoms with E-state index in [-0.39, 0.29) is 0 Å². The maximum absolute atomic E-state index is 4.20. The summed E-state index contributed by atoms with van der Waals surface area (Å²) in [6.45, 7) is 3.02. The molecule has 0 spiro atoms. The predicted molar refractivity (Wildman–Crippen MR) is 54.8 cm³/mol. The van der Waals surface area contributed by atoms with Gasteiger partial charge < -0.3 is 10.6 Å². The first kappa shape index (κ1) is 9.12. The lowest BCUT2D eigenvalue weighted by atomic mass is 10.5. The molecule has 1 aromatic rings. The van der Waals surface area contributed by atoms with Crippen molar-refractivity contribution in [2.75, 3.05) is 13.1 Å². The summed E-state index contributed by atoms with van der Waals surface area (Å²) >= 11 is 1.71. The van der Waals surface area contributed by atoms with Crippen LogP contribution in [0.2, 0.25) is 0 Å². The summed E-state index contributed by atoms with van der Waals surface area (Å²) in [7, 11) is 0. The Morgan fingerprint density at radius 2 is 2.38 bits per heavy atom. The topological polar surface area (TPSA) is 37.0 Å². The van der Waals surface area contributed by atoms with Crippen LogP contribution in [-0.2, 0) is 6.54 Å². The highest BCUT2D eigenvalue weighted by molar-refractivity contribution is 7.09. The molecule has 2 rings (SSSR count). The van der Waals surface area contributed by atoms with Crippen LogP contribution >= 0.6 is 11.3 Å². The molecule has 72 valence electrons. The predicted octanol–water partition coefficient (Wildman–Crippen LogP) is 0.985. The van der Waals surface area contributed by atoms with E-state index in [0.29, 0.717) is 0 Å². The van der Waals surface area contributed by atoms with Crippen molar-refractivity contribution in [1.82, 2.24) is 15.6 Å². The van der Waals surface area contributed by atoms with E-state index in [1.807, 2.05) is 11.6 Å². The molecule has 3 nitrogen and oxygen atoms in total. The van der Waals surface area contributed by atoms with Gasteiger partial charge in [0, 0.05) is 37.3 Å². The Morgan fingerprint density at radius 1 is 1.46 bits per heavy atom. The zero-order chi connectivity index (χ0) is 8.93. The molecule has 1 fully saturated rings. The number of hydrogen-bond acceptors (Lipinski definition) is 4. The van der Waals surface area contributed by atoms with Crippen LogP contribution in [0.3, 0.4) is 0 Å². The van der Waals surface area contributed by atoms with Gasteiger partial charge in [0.25, 0.3) is 0 Å². The molecule has 0 amide bonds. The standard InChI is InChI=1S/C9H15N3S/c1-2-8(1)11-4-3-10-7-9-12-5-6-13-9/h5-6,8,10-11H,1-4,7H2. The number of rotatable bonds is 6. The molecule has 0 bridgehead atoms. The van der Waals surface area contributed by atoms with Crippen molar-refractivity contribution in [3.8, 4) is 0 Å². The van der Waals surface area contributed by atoms with Gasteiger partial charge in [-0.15, -0.1) is 11.3 Å². The number of thiazole rings is 1. The number of hydrogen-bond donors (Lipinski definition) is 2. The largest absolute Gasteiger partial charge is 0.313 e. The van der Waals surface area contributed by atoms with Gasteiger partial charge >= 0.3 is 0 Å². The van der Waals surface area contributed by atoms with Crippen molar-refractivity contribution < 1.29 is 0 Å². The molecular weight excluding hydrogens is 182 g/mol. The van der Waals surface area contributed by atoms with Gasteiger partial charge in [0.1, 0.15) is 5.01 Å². The Morgan fingerprint density at radius 3 is 3.08 bits per heavy atom. The third kappa shape index (κ3) is 3.42. The van der Waals surface area contributed by atoms with Crippen LogP contribution in [0.1, 0.15) is 17.8 Å². The zero-order valence-electron chi connectivity index (χ0n) is 7.62. The molecule has 1 aliphatic carbocycles. The van der Waals surface area contributed by atoms with E-state index >= 15 is 0 Å². The minimum atomic E-state index is 0.821. The molecular formula is C9H15N3S. The van der Waals surface area contributed by atoms with Crippen molar-refractivity contribution in [3.63, 3.8) is 0 Å². The maximum atomic E-state index is 4.20. The van der Waals surface area contributed by atoms with E-state index < -0.39 is 0 Å². The Balaban J connectivity index is 1.48. The Hall–Kier alpha value is -0.450. The van der Waals surface area contributed by atoms with Crippen molar-refractivity contribution in [2.24, 2.45) is 0 Å². The molecule has 1 heterocycles. The summed E-state index contributed by atoms with van der Waals surface area (Å²) in [4.78, 5) is 4.20. The van der Waals surface area contributed by atoms with Gasteiger partial charge in [-0.3, -0.25) is 0 Å². The Labute approximate surface area is 82.6 Å². The first-order valence-electron chi connectivity index (χ1n) is 4.77. The number of nitrogens with one attached hydrogen (secondary N) is 2. The third-order valence-corrected chi connectivity index (χ3v) is 2.85. The lowest BCUT2D eigenvalue weighted by molar-refractivity contribution is 0.607. The van der Waals surface area contributed by atoms with Gasteiger partial charge in [0.05, 0.1) is 0 Å². The maximum Gasteiger partial charge on any atom is 0.106 e. The average Bonchev–Trinajstić information content (AvgIpc) is 2.81. The second-order valence-corrected chi connectivity index (χ2v) is 4.31. The smallest absolute Gasteiger partial charge is 0.106 e.